The second-order valence-corrected chi connectivity index (χ2v) is 11.6. The monoisotopic (exact) mass is 633 g/mol. The number of phenols is 1. The fourth-order valence-electron chi connectivity index (χ4n) is 4.81. The molecular formula is C28H32IN3O6. The smallest absolute Gasteiger partial charge is 0.408 e. The van der Waals surface area contributed by atoms with Gasteiger partial charge in [-0.1, -0.05) is 24.3 Å². The molecule has 2 atom stereocenters. The van der Waals surface area contributed by atoms with Crippen LogP contribution in [0.3, 0.4) is 0 Å². The summed E-state index contributed by atoms with van der Waals surface area (Å²) in [5.41, 5.74) is -0.135. The number of esters is 1. The van der Waals surface area contributed by atoms with E-state index < -0.39 is 29.2 Å². The van der Waals surface area contributed by atoms with Crippen LogP contribution in [0.4, 0.5) is 4.79 Å². The van der Waals surface area contributed by atoms with Crippen molar-refractivity contribution in [2.24, 2.45) is 0 Å². The molecule has 202 valence electrons. The van der Waals surface area contributed by atoms with Crippen LogP contribution in [0.2, 0.25) is 0 Å². The summed E-state index contributed by atoms with van der Waals surface area (Å²) in [5.74, 6) is -0.814. The zero-order valence-corrected chi connectivity index (χ0v) is 24.0. The molecule has 10 heteroatoms. The van der Waals surface area contributed by atoms with Gasteiger partial charge >= 0.3 is 12.1 Å². The average molecular weight is 633 g/mol. The van der Waals surface area contributed by atoms with Gasteiger partial charge in [0.25, 0.3) is 5.91 Å². The Balaban J connectivity index is 1.73. The second kappa shape index (κ2) is 10.9. The Labute approximate surface area is 235 Å². The van der Waals surface area contributed by atoms with Crippen molar-refractivity contribution in [2.45, 2.75) is 57.7 Å². The predicted octanol–water partition coefficient (Wildman–Crippen LogP) is 4.45. The summed E-state index contributed by atoms with van der Waals surface area (Å²) in [6.45, 7) is 7.55. The van der Waals surface area contributed by atoms with Gasteiger partial charge in [0.2, 0.25) is 0 Å². The van der Waals surface area contributed by atoms with Crippen LogP contribution in [-0.2, 0) is 25.5 Å². The molecule has 2 heterocycles. The van der Waals surface area contributed by atoms with Gasteiger partial charge in [0.1, 0.15) is 16.9 Å². The third-order valence-electron chi connectivity index (χ3n) is 6.37. The summed E-state index contributed by atoms with van der Waals surface area (Å²) < 4.78 is 11.9. The van der Waals surface area contributed by atoms with E-state index in [0.29, 0.717) is 12.1 Å². The van der Waals surface area contributed by atoms with Gasteiger partial charge in [0.15, 0.2) is 0 Å². The Morgan fingerprint density at radius 2 is 1.89 bits per heavy atom. The minimum absolute atomic E-state index is 0.0954. The molecule has 2 N–H and O–H groups in total. The number of amides is 2. The van der Waals surface area contributed by atoms with E-state index in [9.17, 15) is 19.5 Å². The first-order chi connectivity index (χ1) is 17.9. The number of alkyl carbamates (subject to hydrolysis) is 1. The number of hydrogen-bond donors (Lipinski definition) is 2. The molecule has 2 aromatic carbocycles. The van der Waals surface area contributed by atoms with E-state index in [1.54, 1.807) is 44.8 Å². The molecule has 0 spiro atoms. The summed E-state index contributed by atoms with van der Waals surface area (Å²) in [6, 6.07) is 13.7. The fourth-order valence-corrected chi connectivity index (χ4v) is 5.42. The van der Waals surface area contributed by atoms with Crippen LogP contribution in [0.25, 0.3) is 0 Å². The first kappa shape index (κ1) is 27.9. The number of carbonyl (C=O) groups is 3. The molecule has 0 aromatic heterocycles. The van der Waals surface area contributed by atoms with Crippen LogP contribution in [0.1, 0.15) is 51.3 Å². The molecule has 2 aromatic rings. The molecule has 1 fully saturated rings. The number of phenolic OH excluding ortho intramolecular Hbond substituents is 1. The first-order valence-electron chi connectivity index (χ1n) is 12.5. The normalized spacial score (nSPS) is 21.5. The quantitative estimate of drug-likeness (QED) is 0.358. The van der Waals surface area contributed by atoms with Gasteiger partial charge in [-0.3, -0.25) is 4.79 Å². The number of fused-ring (bicyclic) bond motifs is 1. The van der Waals surface area contributed by atoms with E-state index in [4.69, 9.17) is 9.47 Å². The first-order valence-corrected chi connectivity index (χ1v) is 13.5. The van der Waals surface area contributed by atoms with Crippen molar-refractivity contribution in [3.63, 3.8) is 0 Å². The largest absolute Gasteiger partial charge is 0.508 e. The maximum absolute atomic E-state index is 14.3. The summed E-state index contributed by atoms with van der Waals surface area (Å²) >= 11 is 2.21. The lowest BCUT2D eigenvalue weighted by Gasteiger charge is -2.46. The number of carbonyl (C=O) groups excluding carboxylic acids is 3. The lowest BCUT2D eigenvalue weighted by molar-refractivity contribution is -0.159. The van der Waals surface area contributed by atoms with Crippen LogP contribution < -0.4 is 5.32 Å². The number of halogens is 1. The third-order valence-corrected chi connectivity index (χ3v) is 7.04. The van der Waals surface area contributed by atoms with E-state index in [2.05, 4.69) is 27.9 Å². The number of rotatable bonds is 6. The lowest BCUT2D eigenvalue weighted by Crippen LogP contribution is -2.67. The molecule has 2 amide bonds. The Morgan fingerprint density at radius 3 is 2.53 bits per heavy atom. The molecule has 0 bridgehead atoms. The molecule has 0 saturated carbocycles. The average Bonchev–Trinajstić information content (AvgIpc) is 3.21. The predicted molar refractivity (Wildman–Crippen MR) is 149 cm³/mol. The van der Waals surface area contributed by atoms with E-state index >= 15 is 0 Å². The van der Waals surface area contributed by atoms with Gasteiger partial charge in [-0.25, -0.2) is 19.6 Å². The topological polar surface area (TPSA) is 108 Å². The molecule has 2 aliphatic rings. The van der Waals surface area contributed by atoms with Gasteiger partial charge in [-0.05, 0) is 92.1 Å². The van der Waals surface area contributed by atoms with Crippen LogP contribution in [0.5, 0.6) is 5.75 Å². The SMILES string of the molecule is CCOC(=O)C1=CN2C(=O)C(Cc3cccc(I)c3)(NC(=O)OC(C)(C)C)CCN2C1c1ccc(O)cc1. The summed E-state index contributed by atoms with van der Waals surface area (Å²) in [7, 11) is 0. The maximum atomic E-state index is 14.3. The van der Waals surface area contributed by atoms with Crippen LogP contribution in [0, 0.1) is 3.57 Å². The van der Waals surface area contributed by atoms with Crippen molar-refractivity contribution in [1.82, 2.24) is 15.3 Å². The van der Waals surface area contributed by atoms with Crippen LogP contribution >= 0.6 is 22.6 Å². The van der Waals surface area contributed by atoms with E-state index in [-0.39, 0.29) is 31.1 Å². The highest BCUT2D eigenvalue weighted by atomic mass is 127. The molecular weight excluding hydrogens is 601 g/mol. The molecule has 38 heavy (non-hydrogen) atoms. The number of benzene rings is 2. The van der Waals surface area contributed by atoms with E-state index in [0.717, 1.165) is 14.7 Å². The van der Waals surface area contributed by atoms with Crippen molar-refractivity contribution >= 4 is 40.6 Å². The maximum Gasteiger partial charge on any atom is 0.408 e. The molecule has 1 saturated heterocycles. The van der Waals surface area contributed by atoms with Crippen LogP contribution in [-0.4, -0.2) is 57.4 Å². The highest BCUT2D eigenvalue weighted by Gasteiger charge is 2.53. The number of hydrogen-bond acceptors (Lipinski definition) is 7. The number of nitrogens with zero attached hydrogens (tertiary/aromatic N) is 2. The zero-order valence-electron chi connectivity index (χ0n) is 21.9. The molecule has 0 aliphatic carbocycles. The Hall–Kier alpha value is -3.12. The minimum Gasteiger partial charge on any atom is -0.508 e. The standard InChI is InChI=1S/C28H32IN3O6/c1-5-37-24(34)22-17-32-25(35)28(30-26(36)38-27(2,3)4,16-18-7-6-8-20(29)15-18)13-14-31(32)23(22)19-9-11-21(33)12-10-19/h6-12,15,17,23,33H,5,13-14,16H2,1-4H3,(H,30,36). The fraction of sp³-hybridized carbons (Fsp3) is 0.393. The summed E-state index contributed by atoms with van der Waals surface area (Å²) in [4.78, 5) is 40.2. The Kier molecular flexibility index (Phi) is 8.03. The van der Waals surface area contributed by atoms with Crippen LogP contribution in [0.15, 0.2) is 60.3 Å². The highest BCUT2D eigenvalue weighted by molar-refractivity contribution is 14.1. The van der Waals surface area contributed by atoms with Crippen molar-refractivity contribution in [1.29, 1.82) is 0 Å². The minimum atomic E-state index is -1.30. The van der Waals surface area contributed by atoms with Gasteiger partial charge in [0.05, 0.1) is 18.2 Å². The Bertz CT molecular complexity index is 1260. The zero-order chi connectivity index (χ0) is 27.7. The van der Waals surface area contributed by atoms with E-state index in [1.165, 1.54) is 23.3 Å². The molecule has 2 aliphatic heterocycles. The Morgan fingerprint density at radius 1 is 1.18 bits per heavy atom. The molecule has 4 rings (SSSR count). The summed E-state index contributed by atoms with van der Waals surface area (Å²) in [6.07, 6.45) is 1.34. The van der Waals surface area contributed by atoms with Gasteiger partial charge < -0.3 is 19.9 Å². The van der Waals surface area contributed by atoms with Gasteiger partial charge in [0, 0.05) is 22.7 Å². The van der Waals surface area contributed by atoms with Crippen molar-refractivity contribution in [2.75, 3.05) is 13.2 Å². The summed E-state index contributed by atoms with van der Waals surface area (Å²) in [5, 5.41) is 15.9. The number of ether oxygens (including phenoxy) is 2. The molecule has 9 nitrogen and oxygen atoms in total. The van der Waals surface area contributed by atoms with Gasteiger partial charge in [-0.15, -0.1) is 0 Å². The number of hydrazine groups is 1. The molecule has 0 radical (unpaired) electrons. The number of aromatic hydroxyl groups is 1. The highest BCUT2D eigenvalue weighted by Crippen LogP contribution is 2.42. The lowest BCUT2D eigenvalue weighted by atomic mass is 9.84. The van der Waals surface area contributed by atoms with Crippen molar-refractivity contribution in [3.8, 4) is 5.75 Å². The van der Waals surface area contributed by atoms with E-state index in [1.807, 2.05) is 24.3 Å². The second-order valence-electron chi connectivity index (χ2n) is 10.4. The van der Waals surface area contributed by atoms with Crippen molar-refractivity contribution < 1.29 is 29.0 Å². The van der Waals surface area contributed by atoms with Crippen molar-refractivity contribution in [3.05, 3.63) is 75.0 Å². The van der Waals surface area contributed by atoms with Gasteiger partial charge in [-0.2, -0.15) is 0 Å². The third kappa shape index (κ3) is 5.96. The number of nitrogens with one attached hydrogen (secondary N) is 1. The molecule has 2 unspecified atom stereocenters.